The third-order valence-corrected chi connectivity index (χ3v) is 4.37. The third kappa shape index (κ3) is 4.09. The van der Waals surface area contributed by atoms with Crippen LogP contribution in [0.4, 0.5) is 0 Å². The van der Waals surface area contributed by atoms with Crippen LogP contribution in [0.2, 0.25) is 0 Å². The van der Waals surface area contributed by atoms with Gasteiger partial charge in [-0.15, -0.1) is 0 Å². The molecule has 5 heteroatoms. The topological polar surface area (TPSA) is 47.6 Å². The Labute approximate surface area is 151 Å². The number of methoxy groups -OCH3 is 1. The van der Waals surface area contributed by atoms with Crippen molar-refractivity contribution in [2.75, 3.05) is 13.7 Å². The van der Waals surface area contributed by atoms with Gasteiger partial charge in [0.2, 0.25) is 0 Å². The minimum absolute atomic E-state index is 0.0879. The molecule has 0 radical (unpaired) electrons. The third-order valence-electron chi connectivity index (χ3n) is 3.78. The van der Waals surface area contributed by atoms with Crippen LogP contribution in [-0.4, -0.2) is 19.6 Å². The van der Waals surface area contributed by atoms with Gasteiger partial charge in [0.1, 0.15) is 0 Å². The number of carbonyl (C=O) groups excluding carboxylic acids is 1. The highest BCUT2D eigenvalue weighted by molar-refractivity contribution is 9.10. The van der Waals surface area contributed by atoms with Gasteiger partial charge in [-0.3, -0.25) is 4.79 Å². The first-order valence-electron chi connectivity index (χ1n) is 7.84. The highest BCUT2D eigenvalue weighted by atomic mass is 79.9. The first kappa shape index (κ1) is 18.3. The number of hydrogen-bond acceptors (Lipinski definition) is 3. The predicted octanol–water partition coefficient (Wildman–Crippen LogP) is 4.66. The van der Waals surface area contributed by atoms with Crippen LogP contribution in [0.25, 0.3) is 0 Å². The maximum absolute atomic E-state index is 12.6. The van der Waals surface area contributed by atoms with Gasteiger partial charge >= 0.3 is 0 Å². The lowest BCUT2D eigenvalue weighted by molar-refractivity contribution is 0.0939. The maximum Gasteiger partial charge on any atom is 0.251 e. The van der Waals surface area contributed by atoms with Gasteiger partial charge in [-0.2, -0.15) is 0 Å². The van der Waals surface area contributed by atoms with E-state index in [1.54, 1.807) is 19.2 Å². The van der Waals surface area contributed by atoms with Gasteiger partial charge in [0.05, 0.1) is 24.2 Å². The summed E-state index contributed by atoms with van der Waals surface area (Å²) in [6, 6.07) is 11.4. The average Bonchev–Trinajstić information content (AvgIpc) is 2.56. The van der Waals surface area contributed by atoms with E-state index in [1.165, 1.54) is 0 Å². The molecule has 0 saturated heterocycles. The highest BCUT2D eigenvalue weighted by Crippen LogP contribution is 2.36. The summed E-state index contributed by atoms with van der Waals surface area (Å²) in [6.45, 7) is 6.43. The molecule has 1 N–H and O–H groups in total. The lowest BCUT2D eigenvalue weighted by atomic mass is 10.0. The number of halogens is 1. The summed E-state index contributed by atoms with van der Waals surface area (Å²) in [4.78, 5) is 12.6. The molecule has 128 valence electrons. The second kappa shape index (κ2) is 8.20. The van der Waals surface area contributed by atoms with Crippen molar-refractivity contribution in [2.45, 2.75) is 26.8 Å². The molecule has 1 unspecified atom stereocenters. The standard InChI is InChI=1S/C19H22BrNO3/c1-5-24-18-16(20)10-14(11-17(18)23-4)19(22)21-13(3)15-9-7-6-8-12(15)2/h6-11,13H,5H2,1-4H3,(H,21,22). The molecule has 0 heterocycles. The van der Waals surface area contributed by atoms with Crippen LogP contribution in [0.5, 0.6) is 11.5 Å². The van der Waals surface area contributed by atoms with E-state index in [1.807, 2.05) is 45.0 Å². The van der Waals surface area contributed by atoms with E-state index < -0.39 is 0 Å². The summed E-state index contributed by atoms with van der Waals surface area (Å²) < 4.78 is 11.6. The Bertz CT molecular complexity index is 731. The van der Waals surface area contributed by atoms with Crippen molar-refractivity contribution in [3.8, 4) is 11.5 Å². The fraction of sp³-hybridized carbons (Fsp3) is 0.316. The fourth-order valence-corrected chi connectivity index (χ4v) is 3.12. The summed E-state index contributed by atoms with van der Waals surface area (Å²) >= 11 is 3.45. The number of nitrogens with one attached hydrogen (secondary N) is 1. The Hall–Kier alpha value is -2.01. The Kier molecular flexibility index (Phi) is 6.26. The van der Waals surface area contributed by atoms with Gasteiger partial charge in [-0.25, -0.2) is 0 Å². The molecule has 0 bridgehead atoms. The molecule has 0 aliphatic carbocycles. The van der Waals surface area contributed by atoms with Crippen LogP contribution >= 0.6 is 15.9 Å². The van der Waals surface area contributed by atoms with Crippen molar-refractivity contribution in [1.29, 1.82) is 0 Å². The average molecular weight is 392 g/mol. The molecule has 0 aliphatic rings. The molecule has 0 fully saturated rings. The number of carbonyl (C=O) groups is 1. The van der Waals surface area contributed by atoms with E-state index in [4.69, 9.17) is 9.47 Å². The zero-order valence-corrected chi connectivity index (χ0v) is 15.9. The number of ether oxygens (including phenoxy) is 2. The molecule has 0 aliphatic heterocycles. The van der Waals surface area contributed by atoms with E-state index >= 15 is 0 Å². The first-order valence-corrected chi connectivity index (χ1v) is 8.64. The summed E-state index contributed by atoms with van der Waals surface area (Å²) in [5.74, 6) is 0.969. The van der Waals surface area contributed by atoms with Gasteiger partial charge in [0, 0.05) is 5.56 Å². The minimum Gasteiger partial charge on any atom is -0.493 e. The van der Waals surface area contributed by atoms with Crippen LogP contribution in [0.1, 0.15) is 41.4 Å². The first-order chi connectivity index (χ1) is 11.5. The fourth-order valence-electron chi connectivity index (χ4n) is 2.57. The van der Waals surface area contributed by atoms with Crippen LogP contribution in [-0.2, 0) is 0 Å². The van der Waals surface area contributed by atoms with Gasteiger partial charge < -0.3 is 14.8 Å². The molecular weight excluding hydrogens is 370 g/mol. The number of hydrogen-bond donors (Lipinski definition) is 1. The van der Waals surface area contributed by atoms with Crippen molar-refractivity contribution in [3.05, 3.63) is 57.6 Å². The summed E-state index contributed by atoms with van der Waals surface area (Å²) in [5.41, 5.74) is 2.76. The quantitative estimate of drug-likeness (QED) is 0.778. The van der Waals surface area contributed by atoms with Crippen LogP contribution in [0.15, 0.2) is 40.9 Å². The molecule has 1 atom stereocenters. The normalized spacial score (nSPS) is 11.7. The van der Waals surface area contributed by atoms with Crippen molar-refractivity contribution in [1.82, 2.24) is 5.32 Å². The Balaban J connectivity index is 2.24. The number of benzene rings is 2. The van der Waals surface area contributed by atoms with Crippen molar-refractivity contribution in [3.63, 3.8) is 0 Å². The molecule has 2 aromatic rings. The second-order valence-electron chi connectivity index (χ2n) is 5.47. The molecule has 4 nitrogen and oxygen atoms in total. The Morgan fingerprint density at radius 3 is 2.62 bits per heavy atom. The molecule has 2 aromatic carbocycles. The molecule has 0 saturated carbocycles. The van der Waals surface area contributed by atoms with Crippen molar-refractivity contribution < 1.29 is 14.3 Å². The smallest absolute Gasteiger partial charge is 0.251 e. The SMILES string of the molecule is CCOc1c(Br)cc(C(=O)NC(C)c2ccccc2C)cc1OC. The molecule has 0 spiro atoms. The number of aryl methyl sites for hydroxylation is 1. The zero-order chi connectivity index (χ0) is 17.7. The molecule has 2 rings (SSSR count). The predicted molar refractivity (Wildman–Crippen MR) is 98.9 cm³/mol. The van der Waals surface area contributed by atoms with Gasteiger partial charge in [0.15, 0.2) is 11.5 Å². The van der Waals surface area contributed by atoms with Gasteiger partial charge in [0.25, 0.3) is 5.91 Å². The molecule has 1 amide bonds. The lowest BCUT2D eigenvalue weighted by Gasteiger charge is -2.18. The Morgan fingerprint density at radius 2 is 2.00 bits per heavy atom. The monoisotopic (exact) mass is 391 g/mol. The summed E-state index contributed by atoms with van der Waals surface area (Å²) in [6.07, 6.45) is 0. The van der Waals surface area contributed by atoms with E-state index in [9.17, 15) is 4.79 Å². The lowest BCUT2D eigenvalue weighted by Crippen LogP contribution is -2.27. The van der Waals surface area contributed by atoms with Gasteiger partial charge in [-0.05, 0) is 60.0 Å². The van der Waals surface area contributed by atoms with Crippen molar-refractivity contribution in [2.24, 2.45) is 0 Å². The number of amides is 1. The number of rotatable bonds is 6. The van der Waals surface area contributed by atoms with E-state index in [-0.39, 0.29) is 11.9 Å². The van der Waals surface area contributed by atoms with E-state index in [2.05, 4.69) is 21.2 Å². The van der Waals surface area contributed by atoms with Crippen LogP contribution in [0, 0.1) is 6.92 Å². The summed E-state index contributed by atoms with van der Waals surface area (Å²) in [7, 11) is 1.56. The molecule has 24 heavy (non-hydrogen) atoms. The van der Waals surface area contributed by atoms with Crippen LogP contribution in [0.3, 0.4) is 0 Å². The van der Waals surface area contributed by atoms with E-state index in [0.717, 1.165) is 11.1 Å². The maximum atomic E-state index is 12.6. The van der Waals surface area contributed by atoms with Crippen LogP contribution < -0.4 is 14.8 Å². The van der Waals surface area contributed by atoms with Crippen molar-refractivity contribution >= 4 is 21.8 Å². The summed E-state index contributed by atoms with van der Waals surface area (Å²) in [5, 5.41) is 3.03. The van der Waals surface area contributed by atoms with Gasteiger partial charge in [-0.1, -0.05) is 24.3 Å². The molecule has 0 aromatic heterocycles. The zero-order valence-electron chi connectivity index (χ0n) is 14.4. The Morgan fingerprint density at radius 1 is 1.29 bits per heavy atom. The largest absolute Gasteiger partial charge is 0.493 e. The van der Waals surface area contributed by atoms with E-state index in [0.29, 0.717) is 28.1 Å². The minimum atomic E-state index is -0.159. The second-order valence-corrected chi connectivity index (χ2v) is 6.33. The highest BCUT2D eigenvalue weighted by Gasteiger charge is 2.17. The molecular formula is C19H22BrNO3.